The van der Waals surface area contributed by atoms with Crippen molar-refractivity contribution in [2.75, 3.05) is 0 Å². The van der Waals surface area contributed by atoms with Gasteiger partial charge in [0.05, 0.1) is 5.56 Å². The average Bonchev–Trinajstić information content (AvgIpc) is 3.01. The van der Waals surface area contributed by atoms with Gasteiger partial charge in [-0.25, -0.2) is 0 Å². The standard InChI is InChI=1S/C27H30N2O2S/c1-26(2,3)19-12-18(13-20(25(19)31)27(4,5)6)24(30)23-21(14-28)29(16-22(23)32)15-17-10-8-7-9-11-17/h7-13,16,31-32H,15H2,1-6H3. The van der Waals surface area contributed by atoms with E-state index in [4.69, 9.17) is 0 Å². The second-order valence-corrected chi connectivity index (χ2v) is 10.7. The Morgan fingerprint density at radius 1 is 1.03 bits per heavy atom. The number of aromatic nitrogens is 1. The fourth-order valence-corrected chi connectivity index (χ4v) is 4.19. The van der Waals surface area contributed by atoms with Crippen LogP contribution in [0, 0.1) is 11.3 Å². The molecule has 1 aromatic heterocycles. The summed E-state index contributed by atoms with van der Waals surface area (Å²) in [6.45, 7) is 12.5. The summed E-state index contributed by atoms with van der Waals surface area (Å²) in [5, 5.41) is 20.9. The summed E-state index contributed by atoms with van der Waals surface area (Å²) in [7, 11) is 0. The third kappa shape index (κ3) is 4.61. The summed E-state index contributed by atoms with van der Waals surface area (Å²) in [5.74, 6) is -0.0517. The van der Waals surface area contributed by atoms with Crippen LogP contribution in [0.25, 0.3) is 0 Å². The number of rotatable bonds is 4. The van der Waals surface area contributed by atoms with Crippen LogP contribution in [0.3, 0.4) is 0 Å². The van der Waals surface area contributed by atoms with Crippen LogP contribution in [0.1, 0.15) is 79.8 Å². The quantitative estimate of drug-likeness (QED) is 0.369. The van der Waals surface area contributed by atoms with E-state index in [9.17, 15) is 15.2 Å². The first-order chi connectivity index (χ1) is 14.8. The van der Waals surface area contributed by atoms with E-state index in [1.54, 1.807) is 22.9 Å². The zero-order valence-corrected chi connectivity index (χ0v) is 20.4. The lowest BCUT2D eigenvalue weighted by atomic mass is 9.77. The summed E-state index contributed by atoms with van der Waals surface area (Å²) in [6, 6.07) is 15.5. The van der Waals surface area contributed by atoms with E-state index in [2.05, 4.69) is 18.7 Å². The number of carbonyl (C=O) groups excluding carboxylic acids is 1. The van der Waals surface area contributed by atoms with Crippen molar-refractivity contribution < 1.29 is 9.90 Å². The first kappa shape index (κ1) is 23.7. The molecule has 0 atom stereocenters. The molecule has 32 heavy (non-hydrogen) atoms. The van der Waals surface area contributed by atoms with E-state index >= 15 is 0 Å². The van der Waals surface area contributed by atoms with Gasteiger partial charge in [-0.1, -0.05) is 71.9 Å². The monoisotopic (exact) mass is 446 g/mol. The van der Waals surface area contributed by atoms with Gasteiger partial charge in [-0.05, 0) is 28.5 Å². The fraction of sp³-hybridized carbons (Fsp3) is 0.333. The Morgan fingerprint density at radius 3 is 2.03 bits per heavy atom. The molecule has 4 nitrogen and oxygen atoms in total. The SMILES string of the molecule is CC(C)(C)c1cc(C(=O)c2c(S)cn(Cc3ccccc3)c2C#N)cc(C(C)(C)C)c1O. The smallest absolute Gasteiger partial charge is 0.197 e. The van der Waals surface area contributed by atoms with Gasteiger partial charge in [0, 0.05) is 34.3 Å². The van der Waals surface area contributed by atoms with Crippen molar-refractivity contribution in [2.24, 2.45) is 0 Å². The summed E-state index contributed by atoms with van der Waals surface area (Å²) in [4.78, 5) is 14.2. The number of ketones is 1. The number of carbonyl (C=O) groups is 1. The van der Waals surface area contributed by atoms with Gasteiger partial charge < -0.3 is 9.67 Å². The number of hydrogen-bond donors (Lipinski definition) is 2. The number of phenolic OH excluding ortho intramolecular Hbond substituents is 1. The van der Waals surface area contributed by atoms with Crippen molar-refractivity contribution in [3.05, 3.63) is 82.2 Å². The van der Waals surface area contributed by atoms with E-state index in [1.807, 2.05) is 71.9 Å². The van der Waals surface area contributed by atoms with E-state index in [0.29, 0.717) is 28.1 Å². The summed E-state index contributed by atoms with van der Waals surface area (Å²) in [6.07, 6.45) is 1.73. The predicted molar refractivity (Wildman–Crippen MR) is 131 cm³/mol. The van der Waals surface area contributed by atoms with Gasteiger partial charge in [0.25, 0.3) is 0 Å². The van der Waals surface area contributed by atoms with Crippen molar-refractivity contribution in [3.63, 3.8) is 0 Å². The summed E-state index contributed by atoms with van der Waals surface area (Å²) in [5.41, 5.74) is 2.74. The molecule has 0 saturated carbocycles. The molecule has 0 amide bonds. The lowest BCUT2D eigenvalue weighted by Crippen LogP contribution is -2.19. The fourth-order valence-electron chi connectivity index (χ4n) is 3.84. The maximum absolute atomic E-state index is 13.7. The maximum atomic E-state index is 13.7. The molecule has 0 unspecified atom stereocenters. The third-order valence-corrected chi connectivity index (χ3v) is 5.91. The largest absolute Gasteiger partial charge is 0.507 e. The molecule has 0 aliphatic heterocycles. The minimum atomic E-state index is -0.360. The Bertz CT molecular complexity index is 1170. The Hall–Kier alpha value is -2.97. The topological polar surface area (TPSA) is 66.0 Å². The third-order valence-electron chi connectivity index (χ3n) is 5.58. The lowest BCUT2D eigenvalue weighted by molar-refractivity contribution is 0.103. The Balaban J connectivity index is 2.17. The van der Waals surface area contributed by atoms with Crippen molar-refractivity contribution >= 4 is 18.4 Å². The highest BCUT2D eigenvalue weighted by Gasteiger charge is 2.30. The van der Waals surface area contributed by atoms with Crippen LogP contribution in [0.4, 0.5) is 0 Å². The molecule has 0 aliphatic rings. The highest BCUT2D eigenvalue weighted by atomic mass is 32.1. The number of hydrogen-bond acceptors (Lipinski definition) is 4. The molecule has 0 bridgehead atoms. The summed E-state index contributed by atoms with van der Waals surface area (Å²) < 4.78 is 1.76. The Labute approximate surface area is 195 Å². The van der Waals surface area contributed by atoms with Crippen LogP contribution in [-0.2, 0) is 17.4 Å². The van der Waals surface area contributed by atoms with Crippen LogP contribution < -0.4 is 0 Å². The normalized spacial score (nSPS) is 11.9. The minimum absolute atomic E-state index is 0.217. The number of benzene rings is 2. The van der Waals surface area contributed by atoms with Crippen molar-refractivity contribution in [2.45, 2.75) is 63.8 Å². The van der Waals surface area contributed by atoms with Gasteiger partial charge in [0.15, 0.2) is 5.78 Å². The molecule has 0 spiro atoms. The first-order valence-electron chi connectivity index (χ1n) is 10.6. The van der Waals surface area contributed by atoms with Crippen molar-refractivity contribution in [1.82, 2.24) is 4.57 Å². The van der Waals surface area contributed by atoms with Gasteiger partial charge >= 0.3 is 0 Å². The molecule has 1 N–H and O–H groups in total. The Kier molecular flexibility index (Phi) is 6.31. The van der Waals surface area contributed by atoms with E-state index in [-0.39, 0.29) is 33.6 Å². The molecule has 0 aliphatic carbocycles. The number of nitriles is 1. The zero-order valence-electron chi connectivity index (χ0n) is 19.5. The van der Waals surface area contributed by atoms with Gasteiger partial charge in [-0.15, -0.1) is 12.6 Å². The zero-order chi connectivity index (χ0) is 23.8. The Morgan fingerprint density at radius 2 is 1.56 bits per heavy atom. The molecule has 166 valence electrons. The average molecular weight is 447 g/mol. The molecular formula is C27H30N2O2S. The molecule has 5 heteroatoms. The maximum Gasteiger partial charge on any atom is 0.197 e. The van der Waals surface area contributed by atoms with Crippen LogP contribution >= 0.6 is 12.6 Å². The lowest BCUT2D eigenvalue weighted by Gasteiger charge is -2.28. The van der Waals surface area contributed by atoms with Gasteiger partial charge in [0.2, 0.25) is 0 Å². The minimum Gasteiger partial charge on any atom is -0.507 e. The molecule has 3 aromatic rings. The van der Waals surface area contributed by atoms with Crippen molar-refractivity contribution in [1.29, 1.82) is 5.26 Å². The number of aromatic hydroxyl groups is 1. The van der Waals surface area contributed by atoms with Gasteiger partial charge in [0.1, 0.15) is 17.5 Å². The van der Waals surface area contributed by atoms with Gasteiger partial charge in [-0.2, -0.15) is 5.26 Å². The molecule has 3 rings (SSSR count). The predicted octanol–water partition coefficient (Wildman–Crippen LogP) is 6.23. The highest BCUT2D eigenvalue weighted by Crippen LogP contribution is 2.40. The molecular weight excluding hydrogens is 416 g/mol. The van der Waals surface area contributed by atoms with Gasteiger partial charge in [-0.3, -0.25) is 4.79 Å². The number of thiol groups is 1. The van der Waals surface area contributed by atoms with Crippen LogP contribution in [-0.4, -0.2) is 15.5 Å². The highest BCUT2D eigenvalue weighted by molar-refractivity contribution is 7.80. The van der Waals surface area contributed by atoms with E-state index in [0.717, 1.165) is 5.56 Å². The van der Waals surface area contributed by atoms with E-state index in [1.165, 1.54) is 0 Å². The second kappa shape index (κ2) is 8.52. The van der Waals surface area contributed by atoms with Crippen LogP contribution in [0.2, 0.25) is 0 Å². The molecule has 0 saturated heterocycles. The number of nitrogens with zero attached hydrogens (tertiary/aromatic N) is 2. The van der Waals surface area contributed by atoms with Crippen molar-refractivity contribution in [3.8, 4) is 11.8 Å². The van der Waals surface area contributed by atoms with E-state index < -0.39 is 0 Å². The van der Waals surface area contributed by atoms with Crippen LogP contribution in [0.15, 0.2) is 53.6 Å². The molecule has 0 radical (unpaired) electrons. The number of phenols is 1. The molecule has 0 fully saturated rings. The second-order valence-electron chi connectivity index (χ2n) is 10.2. The van der Waals surface area contributed by atoms with Crippen LogP contribution in [0.5, 0.6) is 5.75 Å². The summed E-state index contributed by atoms with van der Waals surface area (Å²) >= 11 is 4.54. The molecule has 1 heterocycles. The molecule has 2 aromatic carbocycles. The first-order valence-corrected chi connectivity index (χ1v) is 11.1.